The van der Waals surface area contributed by atoms with E-state index in [4.69, 9.17) is 9.47 Å². The number of methoxy groups -OCH3 is 2. The maximum absolute atomic E-state index is 12.8. The number of aliphatic hydroxyl groups excluding tert-OH is 1. The number of benzene rings is 3. The summed E-state index contributed by atoms with van der Waals surface area (Å²) in [6.45, 7) is -0.0317. The maximum atomic E-state index is 12.8. The van der Waals surface area contributed by atoms with Crippen LogP contribution in [-0.4, -0.2) is 41.0 Å². The molecule has 33 heavy (non-hydrogen) atoms. The number of para-hydroxylation sites is 1. The van der Waals surface area contributed by atoms with Crippen LogP contribution in [-0.2, 0) is 16.1 Å². The highest BCUT2D eigenvalue weighted by Gasteiger charge is 2.31. The Labute approximate surface area is 190 Å². The second-order valence-electron chi connectivity index (χ2n) is 7.24. The van der Waals surface area contributed by atoms with Crippen molar-refractivity contribution in [1.29, 1.82) is 0 Å². The molecule has 166 valence electrons. The molecule has 1 heterocycles. The lowest BCUT2D eigenvalue weighted by Crippen LogP contribution is -2.15. The van der Waals surface area contributed by atoms with Gasteiger partial charge in [0.2, 0.25) is 0 Å². The molecule has 0 amide bonds. The van der Waals surface area contributed by atoms with E-state index >= 15 is 0 Å². The molecule has 3 aromatic carbocycles. The molecule has 0 atom stereocenters. The molecule has 1 N–H and O–H groups in total. The average molecular weight is 442 g/mol. The Balaban J connectivity index is 1.93. The van der Waals surface area contributed by atoms with Crippen LogP contribution in [0.3, 0.4) is 0 Å². The summed E-state index contributed by atoms with van der Waals surface area (Å²) in [5.41, 5.74) is 4.20. The molecule has 7 heteroatoms. The van der Waals surface area contributed by atoms with Crippen LogP contribution in [0.15, 0.2) is 78.9 Å². The van der Waals surface area contributed by atoms with Crippen molar-refractivity contribution in [1.82, 2.24) is 9.78 Å². The van der Waals surface area contributed by atoms with Crippen molar-refractivity contribution in [3.05, 3.63) is 95.7 Å². The smallest absolute Gasteiger partial charge is 0.357 e. The Morgan fingerprint density at radius 3 is 2.12 bits per heavy atom. The zero-order chi connectivity index (χ0) is 23.4. The fourth-order valence-electron chi connectivity index (χ4n) is 3.61. The summed E-state index contributed by atoms with van der Waals surface area (Å²) in [6.07, 6.45) is 0. The third-order valence-corrected chi connectivity index (χ3v) is 5.26. The van der Waals surface area contributed by atoms with Crippen LogP contribution in [0.1, 0.15) is 26.4 Å². The molecule has 0 spiro atoms. The molecular weight excluding hydrogens is 420 g/mol. The largest absolute Gasteiger partial charge is 0.465 e. The first-order valence-corrected chi connectivity index (χ1v) is 10.2. The second-order valence-corrected chi connectivity index (χ2v) is 7.24. The predicted octanol–water partition coefficient (Wildman–Crippen LogP) is 4.27. The van der Waals surface area contributed by atoms with Crippen LogP contribution >= 0.6 is 0 Å². The SMILES string of the molecule is COC(=O)c1c(-c2cccc(-c3ccc(CO)cc3)c2)nn(-c2ccccc2)c1C(=O)OC. The van der Waals surface area contributed by atoms with Gasteiger partial charge in [0, 0.05) is 5.56 Å². The Kier molecular flexibility index (Phi) is 6.33. The van der Waals surface area contributed by atoms with Gasteiger partial charge in [-0.05, 0) is 34.9 Å². The van der Waals surface area contributed by atoms with E-state index in [1.807, 2.05) is 66.7 Å². The number of rotatable bonds is 6. The highest BCUT2D eigenvalue weighted by atomic mass is 16.5. The standard InChI is InChI=1S/C26H22N2O5/c1-32-25(30)22-23(27-28(24(22)26(31)33-2)21-9-4-3-5-10-21)20-8-6-7-19(15-20)18-13-11-17(16-29)12-14-18/h3-15,29H,16H2,1-2H3. The molecule has 7 nitrogen and oxygen atoms in total. The number of hydrogen-bond acceptors (Lipinski definition) is 6. The van der Waals surface area contributed by atoms with Gasteiger partial charge in [-0.15, -0.1) is 0 Å². The normalized spacial score (nSPS) is 10.6. The first-order valence-electron chi connectivity index (χ1n) is 10.2. The Bertz CT molecular complexity index is 1290. The van der Waals surface area contributed by atoms with Gasteiger partial charge in [0.25, 0.3) is 0 Å². The summed E-state index contributed by atoms with van der Waals surface area (Å²) in [7, 11) is 2.51. The van der Waals surface area contributed by atoms with Gasteiger partial charge >= 0.3 is 11.9 Å². The van der Waals surface area contributed by atoms with E-state index in [1.54, 1.807) is 12.1 Å². The van der Waals surface area contributed by atoms with Crippen LogP contribution < -0.4 is 0 Å². The minimum atomic E-state index is -0.700. The van der Waals surface area contributed by atoms with E-state index in [9.17, 15) is 14.7 Å². The summed E-state index contributed by atoms with van der Waals surface area (Å²) < 4.78 is 11.4. The van der Waals surface area contributed by atoms with E-state index in [0.717, 1.165) is 16.7 Å². The zero-order valence-electron chi connectivity index (χ0n) is 18.2. The molecule has 0 aliphatic heterocycles. The number of aliphatic hydroxyl groups is 1. The lowest BCUT2D eigenvalue weighted by molar-refractivity contribution is 0.0549. The molecule has 0 unspecified atom stereocenters. The van der Waals surface area contributed by atoms with Crippen LogP contribution in [0.5, 0.6) is 0 Å². The Hall–Kier alpha value is -4.23. The predicted molar refractivity (Wildman–Crippen MR) is 123 cm³/mol. The van der Waals surface area contributed by atoms with Crippen LogP contribution in [0.2, 0.25) is 0 Å². The third-order valence-electron chi connectivity index (χ3n) is 5.26. The second kappa shape index (κ2) is 9.50. The van der Waals surface area contributed by atoms with Crippen molar-refractivity contribution in [3.8, 4) is 28.1 Å². The summed E-state index contributed by atoms with van der Waals surface area (Å²) in [4.78, 5) is 25.5. The van der Waals surface area contributed by atoms with Crippen LogP contribution in [0, 0.1) is 0 Å². The molecule has 0 aliphatic rings. The number of esters is 2. The molecule has 0 radical (unpaired) electrons. The lowest BCUT2D eigenvalue weighted by Gasteiger charge is -2.07. The summed E-state index contributed by atoms with van der Waals surface area (Å²) in [6, 6.07) is 24.0. The minimum absolute atomic E-state index is 0.0109. The molecule has 4 aromatic rings. The third kappa shape index (κ3) is 4.26. The molecular formula is C26H22N2O5. The first-order chi connectivity index (χ1) is 16.1. The van der Waals surface area contributed by atoms with E-state index in [-0.39, 0.29) is 17.9 Å². The number of carbonyl (C=O) groups is 2. The van der Waals surface area contributed by atoms with Crippen molar-refractivity contribution >= 4 is 11.9 Å². The Morgan fingerprint density at radius 1 is 0.818 bits per heavy atom. The number of ether oxygens (including phenoxy) is 2. The fourth-order valence-corrected chi connectivity index (χ4v) is 3.61. The maximum Gasteiger partial charge on any atom is 0.357 e. The van der Waals surface area contributed by atoms with Gasteiger partial charge in [-0.3, -0.25) is 0 Å². The van der Waals surface area contributed by atoms with Gasteiger partial charge in [0.1, 0.15) is 11.3 Å². The van der Waals surface area contributed by atoms with Crippen molar-refractivity contribution < 1.29 is 24.2 Å². The summed E-state index contributed by atoms with van der Waals surface area (Å²) in [5, 5.41) is 13.9. The van der Waals surface area contributed by atoms with Crippen molar-refractivity contribution in [3.63, 3.8) is 0 Å². The van der Waals surface area contributed by atoms with Gasteiger partial charge in [-0.1, -0.05) is 60.7 Å². The average Bonchev–Trinajstić information content (AvgIpc) is 3.29. The van der Waals surface area contributed by atoms with Gasteiger partial charge in [0.15, 0.2) is 5.69 Å². The van der Waals surface area contributed by atoms with E-state index in [2.05, 4.69) is 5.10 Å². The number of aromatic nitrogens is 2. The van der Waals surface area contributed by atoms with Gasteiger partial charge in [0.05, 0.1) is 26.5 Å². The van der Waals surface area contributed by atoms with Crippen molar-refractivity contribution in [2.45, 2.75) is 6.61 Å². The lowest BCUT2D eigenvalue weighted by atomic mass is 9.99. The van der Waals surface area contributed by atoms with Crippen molar-refractivity contribution in [2.24, 2.45) is 0 Å². The molecule has 4 rings (SSSR count). The Morgan fingerprint density at radius 2 is 1.48 bits per heavy atom. The molecule has 0 aliphatic carbocycles. The fraction of sp³-hybridized carbons (Fsp3) is 0.115. The highest BCUT2D eigenvalue weighted by Crippen LogP contribution is 2.32. The van der Waals surface area contributed by atoms with E-state index in [0.29, 0.717) is 16.9 Å². The molecule has 0 bridgehead atoms. The minimum Gasteiger partial charge on any atom is -0.465 e. The number of hydrogen-bond donors (Lipinski definition) is 1. The van der Waals surface area contributed by atoms with Crippen LogP contribution in [0.4, 0.5) is 0 Å². The number of nitrogens with zero attached hydrogens (tertiary/aromatic N) is 2. The molecule has 1 aromatic heterocycles. The molecule has 0 fully saturated rings. The van der Waals surface area contributed by atoms with Gasteiger partial charge in [-0.2, -0.15) is 5.10 Å². The summed E-state index contributed by atoms with van der Waals surface area (Å²) in [5.74, 6) is -1.39. The first kappa shape index (κ1) is 22.0. The molecule has 0 saturated heterocycles. The topological polar surface area (TPSA) is 90.6 Å². The number of carbonyl (C=O) groups excluding carboxylic acids is 2. The summed E-state index contributed by atoms with van der Waals surface area (Å²) >= 11 is 0. The van der Waals surface area contributed by atoms with Gasteiger partial charge < -0.3 is 14.6 Å². The van der Waals surface area contributed by atoms with E-state index < -0.39 is 11.9 Å². The van der Waals surface area contributed by atoms with E-state index in [1.165, 1.54) is 18.9 Å². The van der Waals surface area contributed by atoms with Crippen LogP contribution in [0.25, 0.3) is 28.1 Å². The zero-order valence-corrected chi connectivity index (χ0v) is 18.2. The quantitative estimate of drug-likeness (QED) is 0.449. The van der Waals surface area contributed by atoms with Crippen molar-refractivity contribution in [2.75, 3.05) is 14.2 Å². The monoisotopic (exact) mass is 442 g/mol. The highest BCUT2D eigenvalue weighted by molar-refractivity contribution is 6.07. The molecule has 0 saturated carbocycles. The van der Waals surface area contributed by atoms with Gasteiger partial charge in [-0.25, -0.2) is 14.3 Å².